The number of aryl methyl sites for hydroxylation is 1. The molecule has 88 valence electrons. The van der Waals surface area contributed by atoms with Crippen LogP contribution in [0.3, 0.4) is 0 Å². The molecule has 0 aliphatic rings. The molecule has 1 N–H and O–H groups in total. The smallest absolute Gasteiger partial charge is 0.0702 e. The van der Waals surface area contributed by atoms with Crippen molar-refractivity contribution in [3.63, 3.8) is 0 Å². The number of aromatic nitrogens is 1. The van der Waals surface area contributed by atoms with Crippen molar-refractivity contribution in [1.29, 1.82) is 5.26 Å². The summed E-state index contributed by atoms with van der Waals surface area (Å²) < 4.78 is 2.16. The molecule has 1 aromatic heterocycles. The van der Waals surface area contributed by atoms with Crippen molar-refractivity contribution >= 4 is 10.9 Å². The lowest BCUT2D eigenvalue weighted by atomic mass is 10.2. The first kappa shape index (κ1) is 11.7. The summed E-state index contributed by atoms with van der Waals surface area (Å²) in [5.41, 5.74) is 2.13. The van der Waals surface area contributed by atoms with Gasteiger partial charge in [-0.25, -0.2) is 0 Å². The second kappa shape index (κ2) is 5.51. The van der Waals surface area contributed by atoms with Crippen molar-refractivity contribution < 1.29 is 5.11 Å². The average Bonchev–Trinajstić information content (AvgIpc) is 2.73. The summed E-state index contributed by atoms with van der Waals surface area (Å²) in [5.74, 6) is 0. The number of nitriles is 1. The Hall–Kier alpha value is -1.79. The highest BCUT2D eigenvalue weighted by Gasteiger charge is 2.06. The van der Waals surface area contributed by atoms with Crippen LogP contribution in [-0.4, -0.2) is 9.67 Å². The van der Waals surface area contributed by atoms with Gasteiger partial charge in [0.25, 0.3) is 0 Å². The van der Waals surface area contributed by atoms with Gasteiger partial charge in [0.1, 0.15) is 0 Å². The van der Waals surface area contributed by atoms with Gasteiger partial charge in [-0.1, -0.05) is 18.2 Å². The largest absolute Gasteiger partial charge is 0.392 e. The van der Waals surface area contributed by atoms with E-state index in [4.69, 9.17) is 5.26 Å². The summed E-state index contributed by atoms with van der Waals surface area (Å²) in [5, 5.41) is 18.9. The Bertz CT molecular complexity index is 537. The highest BCUT2D eigenvalue weighted by atomic mass is 16.3. The molecule has 0 unspecified atom stereocenters. The number of fused-ring (bicyclic) bond motifs is 1. The van der Waals surface area contributed by atoms with Crippen LogP contribution in [0.25, 0.3) is 10.9 Å². The molecule has 2 aromatic rings. The third-order valence-electron chi connectivity index (χ3n) is 2.98. The number of aliphatic hydroxyl groups is 1. The van der Waals surface area contributed by atoms with Crippen LogP contribution < -0.4 is 0 Å². The zero-order valence-corrected chi connectivity index (χ0v) is 9.76. The molecule has 0 radical (unpaired) electrons. The van der Waals surface area contributed by atoms with E-state index in [0.717, 1.165) is 35.9 Å². The van der Waals surface area contributed by atoms with Crippen LogP contribution in [0.4, 0.5) is 0 Å². The lowest BCUT2D eigenvalue weighted by molar-refractivity contribution is 0.283. The summed E-state index contributed by atoms with van der Waals surface area (Å²) in [7, 11) is 0. The molecule has 3 nitrogen and oxygen atoms in total. The predicted octanol–water partition coefficient (Wildman–Crippen LogP) is 2.83. The van der Waals surface area contributed by atoms with E-state index < -0.39 is 0 Å². The van der Waals surface area contributed by atoms with E-state index in [1.54, 1.807) is 0 Å². The average molecular weight is 228 g/mol. The highest BCUT2D eigenvalue weighted by molar-refractivity contribution is 5.83. The van der Waals surface area contributed by atoms with Crippen molar-refractivity contribution in [2.75, 3.05) is 0 Å². The topological polar surface area (TPSA) is 49.0 Å². The van der Waals surface area contributed by atoms with E-state index in [1.807, 2.05) is 24.4 Å². The van der Waals surface area contributed by atoms with Gasteiger partial charge in [0.15, 0.2) is 0 Å². The maximum Gasteiger partial charge on any atom is 0.0702 e. The first-order valence-electron chi connectivity index (χ1n) is 5.91. The Labute approximate surface area is 101 Å². The molecule has 0 fully saturated rings. The molecular formula is C14H16N2O. The van der Waals surface area contributed by atoms with E-state index in [9.17, 15) is 5.11 Å². The Morgan fingerprint density at radius 3 is 2.82 bits per heavy atom. The van der Waals surface area contributed by atoms with E-state index in [0.29, 0.717) is 6.42 Å². The van der Waals surface area contributed by atoms with Crippen LogP contribution in [0, 0.1) is 11.3 Å². The number of hydrogen-bond donors (Lipinski definition) is 1. The minimum Gasteiger partial charge on any atom is -0.392 e. The molecule has 0 saturated heterocycles. The van der Waals surface area contributed by atoms with Crippen LogP contribution in [0.2, 0.25) is 0 Å². The number of unbranched alkanes of at least 4 members (excludes halogenated alkanes) is 2. The van der Waals surface area contributed by atoms with Gasteiger partial charge >= 0.3 is 0 Å². The molecule has 1 heterocycles. The normalized spacial score (nSPS) is 10.6. The Kier molecular flexibility index (Phi) is 3.79. The lowest BCUT2D eigenvalue weighted by Crippen LogP contribution is -1.95. The monoisotopic (exact) mass is 228 g/mol. The molecule has 17 heavy (non-hydrogen) atoms. The quantitative estimate of drug-likeness (QED) is 0.800. The summed E-state index contributed by atoms with van der Waals surface area (Å²) in [6.45, 7) is 0.980. The molecule has 0 bridgehead atoms. The van der Waals surface area contributed by atoms with Crippen molar-refractivity contribution in [3.8, 4) is 6.07 Å². The molecule has 0 aliphatic heterocycles. The first-order valence-corrected chi connectivity index (χ1v) is 5.91. The Balaban J connectivity index is 2.19. The highest BCUT2D eigenvalue weighted by Crippen LogP contribution is 2.21. The minimum atomic E-state index is 0.0751. The number of nitrogens with zero attached hydrogens (tertiary/aromatic N) is 2. The molecule has 0 spiro atoms. The van der Waals surface area contributed by atoms with Gasteiger partial charge in [-0.05, 0) is 18.9 Å². The molecule has 0 amide bonds. The number of hydrogen-bond acceptors (Lipinski definition) is 2. The first-order chi connectivity index (χ1) is 8.36. The molecular weight excluding hydrogens is 212 g/mol. The second-order valence-electron chi connectivity index (χ2n) is 4.14. The number of rotatable bonds is 5. The van der Waals surface area contributed by atoms with E-state index in [-0.39, 0.29) is 6.61 Å². The SMILES string of the molecule is N#CCCCCn1cc(CO)c2ccccc21. The maximum absolute atomic E-state index is 9.30. The maximum atomic E-state index is 9.30. The molecule has 2 rings (SSSR count). The van der Waals surface area contributed by atoms with Crippen molar-refractivity contribution in [2.24, 2.45) is 0 Å². The van der Waals surface area contributed by atoms with Gasteiger partial charge in [0, 0.05) is 35.6 Å². The fraction of sp³-hybridized carbons (Fsp3) is 0.357. The van der Waals surface area contributed by atoms with Gasteiger partial charge < -0.3 is 9.67 Å². The predicted molar refractivity (Wildman–Crippen MR) is 67.3 cm³/mol. The zero-order valence-electron chi connectivity index (χ0n) is 9.76. The molecule has 0 aliphatic carbocycles. The third kappa shape index (κ3) is 2.48. The van der Waals surface area contributed by atoms with E-state index >= 15 is 0 Å². The van der Waals surface area contributed by atoms with Crippen LogP contribution in [0.15, 0.2) is 30.5 Å². The van der Waals surface area contributed by atoms with Crippen molar-refractivity contribution in [1.82, 2.24) is 4.57 Å². The summed E-state index contributed by atoms with van der Waals surface area (Å²) in [6, 6.07) is 10.3. The molecule has 0 saturated carbocycles. The van der Waals surface area contributed by atoms with Crippen molar-refractivity contribution in [3.05, 3.63) is 36.0 Å². The Morgan fingerprint density at radius 2 is 2.06 bits per heavy atom. The standard InChI is InChI=1S/C14H16N2O/c15-8-4-1-5-9-16-10-12(11-17)13-6-2-3-7-14(13)16/h2-3,6-7,10,17H,1,4-5,9,11H2. The zero-order chi connectivity index (χ0) is 12.1. The third-order valence-corrected chi connectivity index (χ3v) is 2.98. The molecule has 0 atom stereocenters. The van der Waals surface area contributed by atoms with E-state index in [2.05, 4.69) is 16.7 Å². The van der Waals surface area contributed by atoms with Crippen LogP contribution >= 0.6 is 0 Å². The lowest BCUT2D eigenvalue weighted by Gasteiger charge is -2.03. The van der Waals surface area contributed by atoms with Gasteiger partial charge in [-0.2, -0.15) is 5.26 Å². The second-order valence-corrected chi connectivity index (χ2v) is 4.14. The van der Waals surface area contributed by atoms with E-state index in [1.165, 1.54) is 0 Å². The number of benzene rings is 1. The fourth-order valence-corrected chi connectivity index (χ4v) is 2.12. The summed E-state index contributed by atoms with van der Waals surface area (Å²) in [6.07, 6.45) is 4.55. The van der Waals surface area contributed by atoms with Crippen LogP contribution in [-0.2, 0) is 13.2 Å². The number of para-hydroxylation sites is 1. The van der Waals surface area contributed by atoms with Gasteiger partial charge in [-0.15, -0.1) is 0 Å². The molecule has 1 aromatic carbocycles. The van der Waals surface area contributed by atoms with Gasteiger partial charge in [0.2, 0.25) is 0 Å². The molecule has 3 heteroatoms. The van der Waals surface area contributed by atoms with Gasteiger partial charge in [0.05, 0.1) is 12.7 Å². The van der Waals surface area contributed by atoms with Crippen LogP contribution in [0.5, 0.6) is 0 Å². The summed E-state index contributed by atoms with van der Waals surface area (Å²) in [4.78, 5) is 0. The fourth-order valence-electron chi connectivity index (χ4n) is 2.12. The Morgan fingerprint density at radius 1 is 1.24 bits per heavy atom. The number of aliphatic hydroxyl groups excluding tert-OH is 1. The van der Waals surface area contributed by atoms with Crippen LogP contribution in [0.1, 0.15) is 24.8 Å². The minimum absolute atomic E-state index is 0.0751. The summed E-state index contributed by atoms with van der Waals surface area (Å²) >= 11 is 0. The van der Waals surface area contributed by atoms with Gasteiger partial charge in [-0.3, -0.25) is 0 Å². The van der Waals surface area contributed by atoms with Crippen molar-refractivity contribution in [2.45, 2.75) is 32.4 Å².